The molecule has 0 aliphatic heterocycles. The number of hydrogen-bond donors (Lipinski definition) is 2. The molecule has 1 aromatic heterocycles. The number of imidazole rings is 1. The zero-order valence-corrected chi connectivity index (χ0v) is 11.9. The Morgan fingerprint density at radius 3 is 2.62 bits per heavy atom. The Morgan fingerprint density at radius 2 is 1.95 bits per heavy atom. The first-order valence-electron chi connectivity index (χ1n) is 5.83. The van der Waals surface area contributed by atoms with Crippen LogP contribution in [0.1, 0.15) is 10.4 Å². The minimum Gasteiger partial charge on any atom is -0.478 e. The smallest absolute Gasteiger partial charge is 0.338 e. The van der Waals surface area contributed by atoms with Crippen LogP contribution in [0.2, 0.25) is 0 Å². The first-order valence-corrected chi connectivity index (χ1v) is 6.63. The number of carbonyl (C=O) groups is 1. The molecule has 106 valence electrons. The van der Waals surface area contributed by atoms with Gasteiger partial charge in [0.25, 0.3) is 0 Å². The van der Waals surface area contributed by atoms with Gasteiger partial charge in [-0.3, -0.25) is 0 Å². The summed E-state index contributed by atoms with van der Waals surface area (Å²) in [4.78, 5) is 17.9. The molecule has 4 nitrogen and oxygen atoms in total. The lowest BCUT2D eigenvalue weighted by Gasteiger charge is -1.98. The van der Waals surface area contributed by atoms with Gasteiger partial charge in [0, 0.05) is 11.6 Å². The molecule has 0 aliphatic carbocycles. The molecule has 7 heteroatoms. The molecule has 3 rings (SSSR count). The third kappa shape index (κ3) is 2.40. The van der Waals surface area contributed by atoms with Gasteiger partial charge in [0.1, 0.15) is 17.5 Å². The van der Waals surface area contributed by atoms with Crippen molar-refractivity contribution in [1.29, 1.82) is 0 Å². The van der Waals surface area contributed by atoms with E-state index < -0.39 is 23.2 Å². The number of nitrogens with one attached hydrogen (secondary N) is 1. The van der Waals surface area contributed by atoms with Crippen LogP contribution in [0.4, 0.5) is 8.78 Å². The molecule has 0 radical (unpaired) electrons. The molecule has 2 N–H and O–H groups in total. The van der Waals surface area contributed by atoms with Gasteiger partial charge in [0.2, 0.25) is 0 Å². The summed E-state index contributed by atoms with van der Waals surface area (Å²) < 4.78 is 27.5. The molecule has 3 aromatic rings. The molecule has 0 saturated carbocycles. The summed E-state index contributed by atoms with van der Waals surface area (Å²) >= 11 is 3.05. The van der Waals surface area contributed by atoms with Gasteiger partial charge in [-0.25, -0.2) is 18.6 Å². The Balaban J connectivity index is 2.16. The SMILES string of the molecule is O=C(O)c1cc2nc(-c3ccc(Br)c(F)c3)[nH]c2cc1F. The highest BCUT2D eigenvalue weighted by atomic mass is 79.9. The van der Waals surface area contributed by atoms with E-state index in [0.717, 1.165) is 12.1 Å². The number of carboxylic acids is 1. The molecular formula is C14H7BrF2N2O2. The lowest BCUT2D eigenvalue weighted by atomic mass is 10.2. The Kier molecular flexibility index (Phi) is 3.21. The fraction of sp³-hybridized carbons (Fsp3) is 0. The van der Waals surface area contributed by atoms with E-state index in [4.69, 9.17) is 5.11 Å². The van der Waals surface area contributed by atoms with Crippen LogP contribution in [0.15, 0.2) is 34.8 Å². The lowest BCUT2D eigenvalue weighted by Crippen LogP contribution is -1.99. The minimum atomic E-state index is -1.37. The Morgan fingerprint density at radius 1 is 1.19 bits per heavy atom. The molecule has 0 bridgehead atoms. The van der Waals surface area contributed by atoms with Gasteiger partial charge in [0.15, 0.2) is 0 Å². The molecule has 2 aromatic carbocycles. The van der Waals surface area contributed by atoms with Crippen molar-refractivity contribution in [2.75, 3.05) is 0 Å². The molecule has 0 aliphatic rings. The Hall–Kier alpha value is -2.28. The largest absolute Gasteiger partial charge is 0.478 e. The number of carboxylic acid groups (broad SMARTS) is 1. The highest BCUT2D eigenvalue weighted by Crippen LogP contribution is 2.26. The van der Waals surface area contributed by atoms with Crippen LogP contribution in [0.5, 0.6) is 0 Å². The molecule has 1 heterocycles. The van der Waals surface area contributed by atoms with Crippen LogP contribution >= 0.6 is 15.9 Å². The number of nitrogens with zero attached hydrogens (tertiary/aromatic N) is 1. The van der Waals surface area contributed by atoms with E-state index in [9.17, 15) is 13.6 Å². The van der Waals surface area contributed by atoms with Gasteiger partial charge in [-0.1, -0.05) is 0 Å². The van der Waals surface area contributed by atoms with E-state index in [-0.39, 0.29) is 0 Å². The molecule has 0 unspecified atom stereocenters. The average molecular weight is 353 g/mol. The van der Waals surface area contributed by atoms with E-state index in [1.54, 1.807) is 6.07 Å². The quantitative estimate of drug-likeness (QED) is 0.733. The van der Waals surface area contributed by atoms with Crippen LogP contribution in [0, 0.1) is 11.6 Å². The maximum Gasteiger partial charge on any atom is 0.338 e. The van der Waals surface area contributed by atoms with Crippen molar-refractivity contribution < 1.29 is 18.7 Å². The highest BCUT2D eigenvalue weighted by molar-refractivity contribution is 9.10. The Labute approximate surface area is 125 Å². The highest BCUT2D eigenvalue weighted by Gasteiger charge is 2.15. The van der Waals surface area contributed by atoms with Crippen molar-refractivity contribution in [3.8, 4) is 11.4 Å². The number of hydrogen-bond acceptors (Lipinski definition) is 2. The molecular weight excluding hydrogens is 346 g/mol. The van der Waals surface area contributed by atoms with Crippen molar-refractivity contribution in [2.24, 2.45) is 0 Å². The predicted octanol–water partition coefficient (Wildman–Crippen LogP) is 3.97. The zero-order valence-electron chi connectivity index (χ0n) is 10.3. The first-order chi connectivity index (χ1) is 9.95. The molecule has 0 spiro atoms. The topological polar surface area (TPSA) is 66.0 Å². The molecule has 0 fully saturated rings. The molecule has 0 atom stereocenters. The van der Waals surface area contributed by atoms with Gasteiger partial charge >= 0.3 is 5.97 Å². The second-order valence-electron chi connectivity index (χ2n) is 4.37. The third-order valence-corrected chi connectivity index (χ3v) is 3.64. The van der Waals surface area contributed by atoms with Crippen molar-refractivity contribution in [2.45, 2.75) is 0 Å². The number of halogens is 3. The van der Waals surface area contributed by atoms with Crippen LogP contribution in [-0.2, 0) is 0 Å². The predicted molar refractivity (Wildman–Crippen MR) is 76.1 cm³/mol. The minimum absolute atomic E-state index is 0.298. The number of H-pyrrole nitrogens is 1. The number of aromatic amines is 1. The van der Waals surface area contributed by atoms with Gasteiger partial charge in [0.05, 0.1) is 21.1 Å². The monoisotopic (exact) mass is 352 g/mol. The van der Waals surface area contributed by atoms with Crippen LogP contribution < -0.4 is 0 Å². The zero-order chi connectivity index (χ0) is 15.1. The number of aromatic carboxylic acids is 1. The average Bonchev–Trinajstić information content (AvgIpc) is 2.83. The van der Waals surface area contributed by atoms with Gasteiger partial charge in [-0.15, -0.1) is 0 Å². The molecule has 21 heavy (non-hydrogen) atoms. The lowest BCUT2D eigenvalue weighted by molar-refractivity contribution is 0.0692. The summed E-state index contributed by atoms with van der Waals surface area (Å²) in [5.41, 5.74) is 0.662. The first kappa shape index (κ1) is 13.7. The van der Waals surface area contributed by atoms with Gasteiger partial charge in [-0.2, -0.15) is 0 Å². The van der Waals surface area contributed by atoms with Crippen molar-refractivity contribution >= 4 is 32.9 Å². The van der Waals surface area contributed by atoms with E-state index in [1.165, 1.54) is 12.1 Å². The second-order valence-corrected chi connectivity index (χ2v) is 5.22. The van der Waals surface area contributed by atoms with E-state index in [2.05, 4.69) is 25.9 Å². The van der Waals surface area contributed by atoms with E-state index in [1.807, 2.05) is 0 Å². The second kappa shape index (κ2) is 4.92. The van der Waals surface area contributed by atoms with Gasteiger partial charge in [-0.05, 0) is 40.2 Å². The van der Waals surface area contributed by atoms with E-state index >= 15 is 0 Å². The fourth-order valence-electron chi connectivity index (χ4n) is 1.97. The standard InChI is InChI=1S/C14H7BrF2N2O2/c15-8-2-1-6(3-10(8)17)13-18-11-4-7(14(20)21)9(16)5-12(11)19-13/h1-5H,(H,18,19)(H,20,21). The number of aromatic nitrogens is 2. The summed E-state index contributed by atoms with van der Waals surface area (Å²) in [6, 6.07) is 6.64. The molecule has 0 saturated heterocycles. The van der Waals surface area contributed by atoms with Gasteiger partial charge < -0.3 is 10.1 Å². The van der Waals surface area contributed by atoms with Crippen LogP contribution in [0.3, 0.4) is 0 Å². The summed E-state index contributed by atoms with van der Waals surface area (Å²) in [6.45, 7) is 0. The fourth-order valence-corrected chi connectivity index (χ4v) is 2.22. The normalized spacial score (nSPS) is 11.0. The number of benzene rings is 2. The van der Waals surface area contributed by atoms with Crippen LogP contribution in [0.25, 0.3) is 22.4 Å². The van der Waals surface area contributed by atoms with Crippen molar-refractivity contribution in [1.82, 2.24) is 9.97 Å². The van der Waals surface area contributed by atoms with Crippen molar-refractivity contribution in [3.05, 3.63) is 52.0 Å². The summed E-state index contributed by atoms with van der Waals surface area (Å²) in [7, 11) is 0. The number of fused-ring (bicyclic) bond motifs is 1. The van der Waals surface area contributed by atoms with Crippen molar-refractivity contribution in [3.63, 3.8) is 0 Å². The number of rotatable bonds is 2. The summed E-state index contributed by atoms with van der Waals surface area (Å²) in [6.07, 6.45) is 0. The van der Waals surface area contributed by atoms with Crippen LogP contribution in [-0.4, -0.2) is 21.0 Å². The Bertz CT molecular complexity index is 877. The third-order valence-electron chi connectivity index (χ3n) is 2.99. The summed E-state index contributed by atoms with van der Waals surface area (Å²) in [5.74, 6) is -2.34. The summed E-state index contributed by atoms with van der Waals surface area (Å²) in [5, 5.41) is 8.88. The maximum atomic E-state index is 13.6. The molecule has 0 amide bonds. The van der Waals surface area contributed by atoms with E-state index in [0.29, 0.717) is 26.9 Å². The maximum absolute atomic E-state index is 13.6.